The summed E-state index contributed by atoms with van der Waals surface area (Å²) < 4.78 is 0. The molecule has 0 aromatic rings. The van der Waals surface area contributed by atoms with Crippen molar-refractivity contribution in [2.45, 2.75) is 33.2 Å². The van der Waals surface area contributed by atoms with Crippen LogP contribution in [0.1, 0.15) is 27.2 Å². The largest absolute Gasteiger partial charge is 0.329 e. The van der Waals surface area contributed by atoms with E-state index in [0.29, 0.717) is 6.04 Å². The fraction of sp³-hybridized carbons (Fsp3) is 1.00. The van der Waals surface area contributed by atoms with E-state index in [4.69, 9.17) is 5.73 Å². The maximum Gasteiger partial charge on any atom is 0.0161 e. The Balaban J connectivity index is 3.03. The van der Waals surface area contributed by atoms with E-state index in [9.17, 15) is 0 Å². The maximum atomic E-state index is 5.43. The van der Waals surface area contributed by atoms with Crippen molar-refractivity contribution in [2.24, 2.45) is 11.7 Å². The lowest BCUT2D eigenvalue weighted by atomic mass is 10.1. The first-order chi connectivity index (χ1) is 4.66. The van der Waals surface area contributed by atoms with E-state index in [0.717, 1.165) is 19.0 Å². The molecule has 0 aliphatic rings. The molecule has 0 aromatic heterocycles. The van der Waals surface area contributed by atoms with Crippen LogP contribution in [0.2, 0.25) is 0 Å². The van der Waals surface area contributed by atoms with Crippen LogP contribution in [0.25, 0.3) is 0 Å². The molecule has 10 heavy (non-hydrogen) atoms. The van der Waals surface area contributed by atoms with Crippen LogP contribution in [0.15, 0.2) is 0 Å². The van der Waals surface area contributed by atoms with Crippen LogP contribution >= 0.6 is 0 Å². The summed E-state index contributed by atoms with van der Waals surface area (Å²) in [5.74, 6) is 0.789. The van der Waals surface area contributed by atoms with Gasteiger partial charge in [-0.15, -0.1) is 0 Å². The van der Waals surface area contributed by atoms with Gasteiger partial charge >= 0.3 is 0 Å². The molecular weight excluding hydrogens is 124 g/mol. The van der Waals surface area contributed by atoms with Crippen LogP contribution in [0.3, 0.4) is 0 Å². The maximum absolute atomic E-state index is 5.43. The molecule has 1 atom stereocenters. The highest BCUT2D eigenvalue weighted by atomic mass is 14.9. The quantitative estimate of drug-likeness (QED) is 0.603. The first kappa shape index (κ1) is 9.92. The van der Waals surface area contributed by atoms with Gasteiger partial charge in [-0.3, -0.25) is 0 Å². The Labute approximate surface area is 64.2 Å². The summed E-state index contributed by atoms with van der Waals surface area (Å²) in [7, 11) is 0. The minimum absolute atomic E-state index is 0.471. The predicted octanol–water partition coefficient (Wildman–Crippen LogP) is 0.969. The Morgan fingerprint density at radius 2 is 1.90 bits per heavy atom. The van der Waals surface area contributed by atoms with E-state index >= 15 is 0 Å². The van der Waals surface area contributed by atoms with Crippen molar-refractivity contribution in [2.75, 3.05) is 13.1 Å². The summed E-state index contributed by atoms with van der Waals surface area (Å²) in [6.45, 7) is 8.40. The highest BCUT2D eigenvalue weighted by molar-refractivity contribution is 4.60. The van der Waals surface area contributed by atoms with Crippen molar-refractivity contribution < 1.29 is 0 Å². The third kappa shape index (κ3) is 6.05. The van der Waals surface area contributed by atoms with Crippen LogP contribution in [0, 0.1) is 5.92 Å². The zero-order valence-electron chi connectivity index (χ0n) is 7.35. The lowest BCUT2D eigenvalue weighted by Crippen LogP contribution is -2.34. The molecule has 62 valence electrons. The molecular formula is C8H20N2. The van der Waals surface area contributed by atoms with Gasteiger partial charge in [-0.1, -0.05) is 13.8 Å². The predicted molar refractivity (Wildman–Crippen MR) is 46.0 cm³/mol. The lowest BCUT2D eigenvalue weighted by Gasteiger charge is -2.11. The van der Waals surface area contributed by atoms with E-state index in [2.05, 4.69) is 26.1 Å². The Kier molecular flexibility index (Phi) is 5.64. The smallest absolute Gasteiger partial charge is 0.0161 e. The van der Waals surface area contributed by atoms with Crippen LogP contribution in [0.4, 0.5) is 0 Å². The van der Waals surface area contributed by atoms with Crippen molar-refractivity contribution in [1.82, 2.24) is 5.32 Å². The van der Waals surface area contributed by atoms with Gasteiger partial charge in [0.25, 0.3) is 0 Å². The number of hydrogen-bond acceptors (Lipinski definition) is 2. The lowest BCUT2D eigenvalue weighted by molar-refractivity contribution is 0.491. The van der Waals surface area contributed by atoms with E-state index in [-0.39, 0.29) is 0 Å². The number of nitrogens with two attached hydrogens (primary N) is 1. The van der Waals surface area contributed by atoms with Gasteiger partial charge in [0.15, 0.2) is 0 Å². The number of hydrogen-bond donors (Lipinski definition) is 2. The van der Waals surface area contributed by atoms with E-state index < -0.39 is 0 Å². The van der Waals surface area contributed by atoms with Crippen molar-refractivity contribution in [3.05, 3.63) is 0 Å². The highest BCUT2D eigenvalue weighted by Crippen LogP contribution is 1.96. The van der Waals surface area contributed by atoms with Gasteiger partial charge in [0.1, 0.15) is 0 Å². The van der Waals surface area contributed by atoms with Gasteiger partial charge in [-0.2, -0.15) is 0 Å². The van der Waals surface area contributed by atoms with Gasteiger partial charge in [0, 0.05) is 12.6 Å². The molecule has 2 heteroatoms. The average molecular weight is 144 g/mol. The molecule has 0 radical (unpaired) electrons. The molecule has 0 bridgehead atoms. The number of rotatable bonds is 5. The summed E-state index contributed by atoms with van der Waals surface area (Å²) in [5.41, 5.74) is 5.43. The monoisotopic (exact) mass is 144 g/mol. The summed E-state index contributed by atoms with van der Waals surface area (Å²) in [4.78, 5) is 0. The zero-order valence-corrected chi connectivity index (χ0v) is 7.35. The molecule has 3 N–H and O–H groups in total. The topological polar surface area (TPSA) is 38.0 Å². The van der Waals surface area contributed by atoms with E-state index in [1.54, 1.807) is 0 Å². The van der Waals surface area contributed by atoms with Crippen LogP contribution < -0.4 is 11.1 Å². The Bertz CT molecular complexity index is 71.7. The van der Waals surface area contributed by atoms with E-state index in [1.165, 1.54) is 6.42 Å². The van der Waals surface area contributed by atoms with Crippen molar-refractivity contribution in [1.29, 1.82) is 0 Å². The molecule has 0 spiro atoms. The van der Waals surface area contributed by atoms with Gasteiger partial charge in [-0.05, 0) is 25.8 Å². The summed E-state index contributed by atoms with van der Waals surface area (Å²) in [6, 6.07) is 0.471. The Hall–Kier alpha value is -0.0800. The third-order valence-corrected chi connectivity index (χ3v) is 1.57. The molecule has 0 rings (SSSR count). The molecule has 0 unspecified atom stereocenters. The fourth-order valence-electron chi connectivity index (χ4n) is 0.702. The normalized spacial score (nSPS) is 14.1. The highest BCUT2D eigenvalue weighted by Gasteiger charge is 1.97. The van der Waals surface area contributed by atoms with Crippen molar-refractivity contribution in [3.63, 3.8) is 0 Å². The molecule has 0 amide bonds. The molecule has 2 nitrogen and oxygen atoms in total. The van der Waals surface area contributed by atoms with Gasteiger partial charge < -0.3 is 11.1 Å². The second-order valence-electron chi connectivity index (χ2n) is 3.27. The van der Waals surface area contributed by atoms with Gasteiger partial charge in [0.2, 0.25) is 0 Å². The van der Waals surface area contributed by atoms with Gasteiger partial charge in [-0.25, -0.2) is 0 Å². The second-order valence-corrected chi connectivity index (χ2v) is 3.27. The molecule has 0 aliphatic heterocycles. The molecule has 0 saturated carbocycles. The fourth-order valence-corrected chi connectivity index (χ4v) is 0.702. The van der Waals surface area contributed by atoms with Crippen LogP contribution in [-0.2, 0) is 0 Å². The summed E-state index contributed by atoms with van der Waals surface area (Å²) in [6.07, 6.45) is 1.24. The SMILES string of the molecule is CC(C)CCN[C@@H](C)CN. The van der Waals surface area contributed by atoms with Crippen molar-refractivity contribution >= 4 is 0 Å². The zero-order chi connectivity index (χ0) is 7.98. The Morgan fingerprint density at radius 3 is 2.30 bits per heavy atom. The number of nitrogens with one attached hydrogen (secondary N) is 1. The summed E-state index contributed by atoms with van der Waals surface area (Å²) in [5, 5.41) is 3.34. The first-order valence-corrected chi connectivity index (χ1v) is 4.10. The standard InChI is InChI=1S/C8H20N2/c1-7(2)4-5-10-8(3)6-9/h7-8,10H,4-6,9H2,1-3H3/t8-/m0/s1. The summed E-state index contributed by atoms with van der Waals surface area (Å²) >= 11 is 0. The van der Waals surface area contributed by atoms with Crippen molar-refractivity contribution in [3.8, 4) is 0 Å². The molecule has 0 fully saturated rings. The van der Waals surface area contributed by atoms with Crippen LogP contribution in [0.5, 0.6) is 0 Å². The van der Waals surface area contributed by atoms with Gasteiger partial charge in [0.05, 0.1) is 0 Å². The average Bonchev–Trinajstić information content (AvgIpc) is 1.87. The molecule has 0 aromatic carbocycles. The third-order valence-electron chi connectivity index (χ3n) is 1.57. The first-order valence-electron chi connectivity index (χ1n) is 4.10. The molecule has 0 aliphatic carbocycles. The molecule has 0 saturated heterocycles. The second kappa shape index (κ2) is 5.69. The minimum Gasteiger partial charge on any atom is -0.329 e. The van der Waals surface area contributed by atoms with E-state index in [1.807, 2.05) is 0 Å². The molecule has 0 heterocycles. The van der Waals surface area contributed by atoms with Crippen LogP contribution in [-0.4, -0.2) is 19.1 Å². The Morgan fingerprint density at radius 1 is 1.30 bits per heavy atom. The minimum atomic E-state index is 0.471.